The van der Waals surface area contributed by atoms with Crippen LogP contribution < -0.4 is 5.32 Å². The van der Waals surface area contributed by atoms with Crippen LogP contribution in [0, 0.1) is 0 Å². The van der Waals surface area contributed by atoms with Gasteiger partial charge in [0.25, 0.3) is 0 Å². The minimum absolute atomic E-state index is 0.633. The van der Waals surface area contributed by atoms with Gasteiger partial charge in [-0.25, -0.2) is 0 Å². The van der Waals surface area contributed by atoms with Crippen molar-refractivity contribution in [3.63, 3.8) is 0 Å². The van der Waals surface area contributed by atoms with Gasteiger partial charge in [-0.05, 0) is 0 Å². The molecule has 1 fully saturated rings. The van der Waals surface area contributed by atoms with Crippen molar-refractivity contribution in [3.8, 4) is 0 Å². The standard InChI is InChI=1S/C8H12N2O/c1-2-3-9-6-8-7-11-5-4-10-8/h2-3,6,10H,1,4-5,7H2/b8-6+,9-3-. The third-order valence-corrected chi connectivity index (χ3v) is 1.28. The van der Waals surface area contributed by atoms with Crippen molar-refractivity contribution >= 4 is 6.21 Å². The van der Waals surface area contributed by atoms with Gasteiger partial charge in [0.1, 0.15) is 0 Å². The summed E-state index contributed by atoms with van der Waals surface area (Å²) in [7, 11) is 0. The summed E-state index contributed by atoms with van der Waals surface area (Å²) in [5, 5.41) is 3.17. The summed E-state index contributed by atoms with van der Waals surface area (Å²) in [4.78, 5) is 3.97. The normalized spacial score (nSPS) is 22.0. The van der Waals surface area contributed by atoms with Gasteiger partial charge in [0.15, 0.2) is 0 Å². The minimum Gasteiger partial charge on any atom is -0.383 e. The first-order valence-corrected chi connectivity index (χ1v) is 3.58. The Morgan fingerprint density at radius 1 is 1.64 bits per heavy atom. The van der Waals surface area contributed by atoms with Gasteiger partial charge in [-0.1, -0.05) is 12.7 Å². The van der Waals surface area contributed by atoms with Crippen molar-refractivity contribution in [1.29, 1.82) is 0 Å². The molecule has 3 nitrogen and oxygen atoms in total. The van der Waals surface area contributed by atoms with E-state index in [2.05, 4.69) is 16.9 Å². The quantitative estimate of drug-likeness (QED) is 0.591. The SMILES string of the molecule is C=C/C=N\C=C1/COCCN1. The number of nitrogens with one attached hydrogen (secondary N) is 1. The lowest BCUT2D eigenvalue weighted by atomic mass is 10.4. The summed E-state index contributed by atoms with van der Waals surface area (Å²) in [6.45, 7) is 5.80. The van der Waals surface area contributed by atoms with Gasteiger partial charge in [-0.15, -0.1) is 0 Å². The summed E-state index contributed by atoms with van der Waals surface area (Å²) < 4.78 is 5.18. The van der Waals surface area contributed by atoms with E-state index in [1.807, 2.05) is 0 Å². The largest absolute Gasteiger partial charge is 0.383 e. The molecule has 1 heterocycles. The van der Waals surface area contributed by atoms with Crippen LogP contribution in [-0.4, -0.2) is 26.0 Å². The number of hydrogen-bond donors (Lipinski definition) is 1. The molecule has 11 heavy (non-hydrogen) atoms. The van der Waals surface area contributed by atoms with Crippen molar-refractivity contribution in [3.05, 3.63) is 24.6 Å². The molecule has 0 spiro atoms. The van der Waals surface area contributed by atoms with Crippen LogP contribution in [0.2, 0.25) is 0 Å². The lowest BCUT2D eigenvalue weighted by Crippen LogP contribution is -2.28. The molecule has 0 bridgehead atoms. The van der Waals surface area contributed by atoms with E-state index in [1.165, 1.54) is 0 Å². The summed E-state index contributed by atoms with van der Waals surface area (Å²) >= 11 is 0. The molecular formula is C8H12N2O. The smallest absolute Gasteiger partial charge is 0.0878 e. The van der Waals surface area contributed by atoms with Crippen molar-refractivity contribution in [2.75, 3.05) is 19.8 Å². The summed E-state index contributed by atoms with van der Waals surface area (Å²) in [6.07, 6.45) is 5.03. The predicted molar refractivity (Wildman–Crippen MR) is 45.6 cm³/mol. The van der Waals surface area contributed by atoms with Gasteiger partial charge in [-0.2, -0.15) is 0 Å². The first-order chi connectivity index (χ1) is 5.43. The van der Waals surface area contributed by atoms with Crippen LogP contribution in [0.15, 0.2) is 29.5 Å². The zero-order valence-corrected chi connectivity index (χ0v) is 6.42. The van der Waals surface area contributed by atoms with Crippen LogP contribution >= 0.6 is 0 Å². The zero-order valence-electron chi connectivity index (χ0n) is 6.42. The van der Waals surface area contributed by atoms with E-state index < -0.39 is 0 Å². The average Bonchev–Trinajstić information content (AvgIpc) is 2.07. The highest BCUT2D eigenvalue weighted by Gasteiger charge is 2.01. The van der Waals surface area contributed by atoms with Crippen molar-refractivity contribution in [2.24, 2.45) is 4.99 Å². The number of rotatable bonds is 2. The van der Waals surface area contributed by atoms with Gasteiger partial charge >= 0.3 is 0 Å². The second-order valence-electron chi connectivity index (χ2n) is 2.17. The molecule has 1 rings (SSSR count). The van der Waals surface area contributed by atoms with Gasteiger partial charge in [0.05, 0.1) is 18.9 Å². The molecule has 1 aliphatic heterocycles. The molecular weight excluding hydrogens is 140 g/mol. The van der Waals surface area contributed by atoms with E-state index in [4.69, 9.17) is 4.74 Å². The minimum atomic E-state index is 0.633. The van der Waals surface area contributed by atoms with Crippen LogP contribution in [0.25, 0.3) is 0 Å². The third kappa shape index (κ3) is 3.00. The molecule has 3 heteroatoms. The Hall–Kier alpha value is -1.09. The van der Waals surface area contributed by atoms with E-state index >= 15 is 0 Å². The van der Waals surface area contributed by atoms with Gasteiger partial charge in [0.2, 0.25) is 0 Å². The fraction of sp³-hybridized carbons (Fsp3) is 0.375. The average molecular weight is 152 g/mol. The topological polar surface area (TPSA) is 33.6 Å². The Morgan fingerprint density at radius 3 is 3.18 bits per heavy atom. The number of ether oxygens (including phenoxy) is 1. The summed E-state index contributed by atoms with van der Waals surface area (Å²) in [6, 6.07) is 0. The van der Waals surface area contributed by atoms with E-state index in [-0.39, 0.29) is 0 Å². The lowest BCUT2D eigenvalue weighted by Gasteiger charge is -2.15. The van der Waals surface area contributed by atoms with Crippen molar-refractivity contribution < 1.29 is 4.74 Å². The molecule has 1 N–H and O–H groups in total. The molecule has 0 atom stereocenters. The number of nitrogens with zero attached hydrogens (tertiary/aromatic N) is 1. The number of aliphatic imine (C=N–C) groups is 1. The summed E-state index contributed by atoms with van der Waals surface area (Å²) in [5.74, 6) is 0. The molecule has 0 aromatic heterocycles. The number of morpholine rings is 1. The van der Waals surface area contributed by atoms with Crippen LogP contribution in [0.1, 0.15) is 0 Å². The van der Waals surface area contributed by atoms with E-state index in [0.717, 1.165) is 18.8 Å². The maximum absolute atomic E-state index is 5.18. The molecule has 0 unspecified atom stereocenters. The fourth-order valence-corrected chi connectivity index (χ4v) is 0.794. The third-order valence-electron chi connectivity index (χ3n) is 1.28. The van der Waals surface area contributed by atoms with Crippen LogP contribution in [-0.2, 0) is 4.74 Å². The molecule has 1 saturated heterocycles. The Balaban J connectivity index is 2.37. The molecule has 0 aromatic rings. The molecule has 0 aromatic carbocycles. The maximum atomic E-state index is 5.18. The first kappa shape index (κ1) is 8.01. The highest BCUT2D eigenvalue weighted by molar-refractivity contribution is 5.70. The van der Waals surface area contributed by atoms with Crippen LogP contribution in [0.4, 0.5) is 0 Å². The Kier molecular flexibility index (Phi) is 3.41. The zero-order chi connectivity index (χ0) is 7.94. The Morgan fingerprint density at radius 2 is 2.55 bits per heavy atom. The Labute approximate surface area is 66.5 Å². The Bertz CT molecular complexity index is 177. The number of hydrogen-bond acceptors (Lipinski definition) is 3. The molecule has 0 amide bonds. The molecule has 0 saturated carbocycles. The van der Waals surface area contributed by atoms with E-state index in [1.54, 1.807) is 18.5 Å². The molecule has 60 valence electrons. The van der Waals surface area contributed by atoms with E-state index in [9.17, 15) is 0 Å². The first-order valence-electron chi connectivity index (χ1n) is 3.58. The fourth-order valence-electron chi connectivity index (χ4n) is 0.794. The van der Waals surface area contributed by atoms with Crippen LogP contribution in [0.3, 0.4) is 0 Å². The van der Waals surface area contributed by atoms with Gasteiger partial charge in [-0.3, -0.25) is 4.99 Å². The highest BCUT2D eigenvalue weighted by Crippen LogP contribution is 1.95. The second-order valence-corrected chi connectivity index (χ2v) is 2.17. The van der Waals surface area contributed by atoms with E-state index in [0.29, 0.717) is 6.61 Å². The van der Waals surface area contributed by atoms with Gasteiger partial charge < -0.3 is 10.1 Å². The molecule has 0 radical (unpaired) electrons. The summed E-state index contributed by atoms with van der Waals surface area (Å²) in [5.41, 5.74) is 1.02. The molecule has 1 aliphatic rings. The second kappa shape index (κ2) is 4.68. The van der Waals surface area contributed by atoms with Crippen molar-refractivity contribution in [2.45, 2.75) is 0 Å². The van der Waals surface area contributed by atoms with Crippen molar-refractivity contribution in [1.82, 2.24) is 5.32 Å². The van der Waals surface area contributed by atoms with Gasteiger partial charge in [0, 0.05) is 19.0 Å². The lowest BCUT2D eigenvalue weighted by molar-refractivity contribution is 0.132. The monoisotopic (exact) mass is 152 g/mol. The predicted octanol–water partition coefficient (Wildman–Crippen LogP) is 0.704. The highest BCUT2D eigenvalue weighted by atomic mass is 16.5. The van der Waals surface area contributed by atoms with Crippen LogP contribution in [0.5, 0.6) is 0 Å². The maximum Gasteiger partial charge on any atom is 0.0878 e. The number of allylic oxidation sites excluding steroid dienone is 1. The molecule has 0 aliphatic carbocycles.